The molecule has 1 N–H and O–H groups in total. The Hall–Kier alpha value is -3.25. The largest absolute Gasteiger partial charge is 0.386 e. The van der Waals surface area contributed by atoms with Crippen LogP contribution in [0.4, 0.5) is 0 Å². The van der Waals surface area contributed by atoms with Gasteiger partial charge in [-0.25, -0.2) is 8.42 Å². The Bertz CT molecular complexity index is 1290. The standard InChI is InChI=1S/C30H31NO3S/c1-24-19-21-28(22-20-24)35(33,34)31(23-11-14-25-12-5-2-6-13-25)29(26-15-7-3-8-16-26)30(32)27-17-9-4-10-18-27/h2-10,12-13,15-22,29-30,32H,11,14,23H2,1H3/t29-,30-/m1/s1. The molecule has 0 aliphatic rings. The van der Waals surface area contributed by atoms with Crippen LogP contribution in [0.2, 0.25) is 0 Å². The van der Waals surface area contributed by atoms with E-state index in [1.807, 2.05) is 97.9 Å². The van der Waals surface area contributed by atoms with E-state index >= 15 is 0 Å². The van der Waals surface area contributed by atoms with Gasteiger partial charge < -0.3 is 5.11 Å². The van der Waals surface area contributed by atoms with E-state index in [1.54, 1.807) is 24.3 Å². The Kier molecular flexibility index (Phi) is 8.13. The zero-order valence-electron chi connectivity index (χ0n) is 19.9. The highest BCUT2D eigenvalue weighted by Crippen LogP contribution is 2.38. The molecular formula is C30H31NO3S. The van der Waals surface area contributed by atoms with Gasteiger partial charge in [0.05, 0.1) is 17.0 Å². The van der Waals surface area contributed by atoms with Crippen molar-refractivity contribution in [2.24, 2.45) is 0 Å². The first-order valence-electron chi connectivity index (χ1n) is 11.9. The summed E-state index contributed by atoms with van der Waals surface area (Å²) in [5.74, 6) is 0. The molecule has 0 amide bonds. The van der Waals surface area contributed by atoms with Crippen LogP contribution in [0.15, 0.2) is 120 Å². The number of sulfonamides is 1. The topological polar surface area (TPSA) is 57.6 Å². The SMILES string of the molecule is Cc1ccc(S(=O)(=O)N(CCCc2ccccc2)[C@H](c2ccccc2)[C@H](O)c2ccccc2)cc1. The minimum absolute atomic E-state index is 0.226. The second-order valence-electron chi connectivity index (χ2n) is 8.73. The lowest BCUT2D eigenvalue weighted by atomic mass is 9.95. The zero-order chi connectivity index (χ0) is 24.7. The number of hydrogen-bond acceptors (Lipinski definition) is 3. The maximum atomic E-state index is 14.1. The molecule has 5 heteroatoms. The van der Waals surface area contributed by atoms with E-state index < -0.39 is 22.2 Å². The van der Waals surface area contributed by atoms with Gasteiger partial charge in [-0.15, -0.1) is 0 Å². The molecule has 2 atom stereocenters. The number of hydrogen-bond donors (Lipinski definition) is 1. The molecule has 4 nitrogen and oxygen atoms in total. The quantitative estimate of drug-likeness (QED) is 0.296. The molecule has 0 radical (unpaired) electrons. The van der Waals surface area contributed by atoms with Crippen LogP contribution >= 0.6 is 0 Å². The summed E-state index contributed by atoms with van der Waals surface area (Å²) in [6.07, 6.45) is 0.333. The first-order valence-corrected chi connectivity index (χ1v) is 13.3. The van der Waals surface area contributed by atoms with Crippen molar-refractivity contribution >= 4 is 10.0 Å². The molecule has 0 aromatic heterocycles. The third kappa shape index (κ3) is 6.06. The number of aryl methyl sites for hydroxylation is 2. The molecule has 4 rings (SSSR count). The van der Waals surface area contributed by atoms with Crippen molar-refractivity contribution in [3.63, 3.8) is 0 Å². The predicted molar refractivity (Wildman–Crippen MR) is 140 cm³/mol. The highest BCUT2D eigenvalue weighted by Gasteiger charge is 2.37. The van der Waals surface area contributed by atoms with Gasteiger partial charge in [0.15, 0.2) is 0 Å². The van der Waals surface area contributed by atoms with Crippen LogP contribution in [0.1, 0.15) is 40.8 Å². The van der Waals surface area contributed by atoms with Crippen LogP contribution < -0.4 is 0 Å². The van der Waals surface area contributed by atoms with Crippen molar-refractivity contribution in [3.8, 4) is 0 Å². The van der Waals surface area contributed by atoms with Gasteiger partial charge in [0.2, 0.25) is 10.0 Å². The maximum Gasteiger partial charge on any atom is 0.243 e. The van der Waals surface area contributed by atoms with E-state index in [0.717, 1.165) is 23.1 Å². The number of aliphatic hydroxyl groups is 1. The average Bonchev–Trinajstić information content (AvgIpc) is 2.90. The molecule has 4 aromatic carbocycles. The van der Waals surface area contributed by atoms with E-state index in [0.29, 0.717) is 12.0 Å². The predicted octanol–water partition coefficient (Wildman–Crippen LogP) is 6.09. The second kappa shape index (κ2) is 11.5. The molecule has 180 valence electrons. The first kappa shape index (κ1) is 24.9. The van der Waals surface area contributed by atoms with Gasteiger partial charge >= 0.3 is 0 Å². The fraction of sp³-hybridized carbons (Fsp3) is 0.200. The second-order valence-corrected chi connectivity index (χ2v) is 10.6. The molecular weight excluding hydrogens is 454 g/mol. The molecule has 0 unspecified atom stereocenters. The highest BCUT2D eigenvalue weighted by atomic mass is 32.2. The third-order valence-electron chi connectivity index (χ3n) is 6.21. The highest BCUT2D eigenvalue weighted by molar-refractivity contribution is 7.89. The fourth-order valence-electron chi connectivity index (χ4n) is 4.33. The Labute approximate surface area is 208 Å². The van der Waals surface area contributed by atoms with Crippen molar-refractivity contribution in [3.05, 3.63) is 138 Å². The summed E-state index contributed by atoms with van der Waals surface area (Å²) in [6, 6.07) is 34.8. The summed E-state index contributed by atoms with van der Waals surface area (Å²) in [5, 5.41) is 11.6. The Morgan fingerprint density at radius 3 is 1.80 bits per heavy atom. The maximum absolute atomic E-state index is 14.1. The molecule has 35 heavy (non-hydrogen) atoms. The Morgan fingerprint density at radius 1 is 0.714 bits per heavy atom. The summed E-state index contributed by atoms with van der Waals surface area (Å²) in [6.45, 7) is 2.20. The molecule has 0 aliphatic heterocycles. The van der Waals surface area contributed by atoms with E-state index in [9.17, 15) is 13.5 Å². The molecule has 0 aliphatic carbocycles. The van der Waals surface area contributed by atoms with Gasteiger partial charge in [0, 0.05) is 6.54 Å². The lowest BCUT2D eigenvalue weighted by Crippen LogP contribution is -2.39. The van der Waals surface area contributed by atoms with Crippen LogP contribution in [0.25, 0.3) is 0 Å². The Balaban J connectivity index is 1.76. The summed E-state index contributed by atoms with van der Waals surface area (Å²) in [5.41, 5.74) is 3.57. The van der Waals surface area contributed by atoms with E-state index in [2.05, 4.69) is 0 Å². The zero-order valence-corrected chi connectivity index (χ0v) is 20.7. The minimum Gasteiger partial charge on any atom is -0.386 e. The monoisotopic (exact) mass is 485 g/mol. The Morgan fingerprint density at radius 2 is 1.23 bits per heavy atom. The van der Waals surface area contributed by atoms with Crippen molar-refractivity contribution in [2.75, 3.05) is 6.54 Å². The summed E-state index contributed by atoms with van der Waals surface area (Å²) in [4.78, 5) is 0.226. The number of rotatable bonds is 10. The number of nitrogens with zero attached hydrogens (tertiary/aromatic N) is 1. The van der Waals surface area contributed by atoms with Crippen LogP contribution in [0, 0.1) is 6.92 Å². The number of aliphatic hydroxyl groups excluding tert-OH is 1. The van der Waals surface area contributed by atoms with E-state index in [-0.39, 0.29) is 11.4 Å². The van der Waals surface area contributed by atoms with Gasteiger partial charge in [-0.1, -0.05) is 109 Å². The van der Waals surface area contributed by atoms with Gasteiger partial charge in [0.25, 0.3) is 0 Å². The van der Waals surface area contributed by atoms with Crippen molar-refractivity contribution < 1.29 is 13.5 Å². The van der Waals surface area contributed by atoms with Gasteiger partial charge in [-0.2, -0.15) is 4.31 Å². The van der Waals surface area contributed by atoms with Gasteiger partial charge in [-0.05, 0) is 48.6 Å². The normalized spacial score (nSPS) is 13.5. The van der Waals surface area contributed by atoms with Crippen LogP contribution in [0.5, 0.6) is 0 Å². The van der Waals surface area contributed by atoms with Crippen LogP contribution in [0.3, 0.4) is 0 Å². The minimum atomic E-state index is -3.90. The van der Waals surface area contributed by atoms with Crippen molar-refractivity contribution in [2.45, 2.75) is 36.8 Å². The fourth-order valence-corrected chi connectivity index (χ4v) is 5.98. The summed E-state index contributed by atoms with van der Waals surface area (Å²) >= 11 is 0. The van der Waals surface area contributed by atoms with Gasteiger partial charge in [0.1, 0.15) is 0 Å². The lowest BCUT2D eigenvalue weighted by molar-refractivity contribution is 0.0884. The lowest BCUT2D eigenvalue weighted by Gasteiger charge is -2.35. The smallest absolute Gasteiger partial charge is 0.243 e. The van der Waals surface area contributed by atoms with Crippen molar-refractivity contribution in [1.82, 2.24) is 4.31 Å². The van der Waals surface area contributed by atoms with Crippen LogP contribution in [-0.2, 0) is 16.4 Å². The van der Waals surface area contributed by atoms with E-state index in [4.69, 9.17) is 0 Å². The average molecular weight is 486 g/mol. The van der Waals surface area contributed by atoms with Crippen molar-refractivity contribution in [1.29, 1.82) is 0 Å². The summed E-state index contributed by atoms with van der Waals surface area (Å²) in [7, 11) is -3.90. The van der Waals surface area contributed by atoms with Crippen LogP contribution in [-0.4, -0.2) is 24.4 Å². The molecule has 4 aromatic rings. The molecule has 0 bridgehead atoms. The van der Waals surface area contributed by atoms with E-state index in [1.165, 1.54) is 4.31 Å². The number of benzene rings is 4. The molecule has 0 saturated carbocycles. The molecule has 0 saturated heterocycles. The third-order valence-corrected chi connectivity index (χ3v) is 8.10. The van der Waals surface area contributed by atoms with Gasteiger partial charge in [-0.3, -0.25) is 0 Å². The molecule has 0 spiro atoms. The molecule has 0 fully saturated rings. The summed E-state index contributed by atoms with van der Waals surface area (Å²) < 4.78 is 29.6. The first-order chi connectivity index (χ1) is 17.0. The molecule has 0 heterocycles.